The first-order valence-corrected chi connectivity index (χ1v) is 6.00. The summed E-state index contributed by atoms with van der Waals surface area (Å²) in [5, 5.41) is 0. The number of benzene rings is 1. The molecule has 0 aliphatic carbocycles. The van der Waals surface area contributed by atoms with Crippen LogP contribution in [-0.4, -0.2) is 13.7 Å². The van der Waals surface area contributed by atoms with Crippen LogP contribution in [0.3, 0.4) is 0 Å². The Morgan fingerprint density at radius 1 is 1.37 bits per heavy atom. The lowest BCUT2D eigenvalue weighted by Crippen LogP contribution is -2.30. The molecule has 0 spiro atoms. The predicted octanol–water partition coefficient (Wildman–Crippen LogP) is 2.88. The fourth-order valence-electron chi connectivity index (χ4n) is 1.99. The second kappa shape index (κ2) is 6.88. The Kier molecular flexibility index (Phi) is 5.78. The summed E-state index contributed by atoms with van der Waals surface area (Å²) in [6.07, 6.45) is -3.74. The van der Waals surface area contributed by atoms with Gasteiger partial charge in [0, 0.05) is 19.8 Å². The van der Waals surface area contributed by atoms with Crippen LogP contribution < -0.4 is 11.3 Å². The Morgan fingerprint density at radius 2 is 2.05 bits per heavy atom. The molecule has 0 amide bonds. The third-order valence-corrected chi connectivity index (χ3v) is 2.91. The van der Waals surface area contributed by atoms with Gasteiger partial charge in [-0.05, 0) is 30.0 Å². The summed E-state index contributed by atoms with van der Waals surface area (Å²) in [6, 6.07) is 4.88. The van der Waals surface area contributed by atoms with Gasteiger partial charge in [0.15, 0.2) is 0 Å². The first kappa shape index (κ1) is 15.9. The van der Waals surface area contributed by atoms with E-state index in [1.54, 1.807) is 13.2 Å². The van der Waals surface area contributed by atoms with E-state index in [1.165, 1.54) is 6.07 Å². The molecule has 0 aromatic heterocycles. The zero-order valence-electron chi connectivity index (χ0n) is 11.0. The van der Waals surface area contributed by atoms with Gasteiger partial charge in [0.2, 0.25) is 0 Å². The summed E-state index contributed by atoms with van der Waals surface area (Å²) in [7, 11) is 1.59. The minimum absolute atomic E-state index is 0.195. The van der Waals surface area contributed by atoms with Crippen molar-refractivity contribution in [1.82, 2.24) is 5.43 Å². The van der Waals surface area contributed by atoms with Crippen molar-refractivity contribution in [3.8, 4) is 0 Å². The molecule has 0 bridgehead atoms. The Labute approximate surface area is 110 Å². The summed E-state index contributed by atoms with van der Waals surface area (Å²) in [5.74, 6) is 5.63. The number of ether oxygens (including phenoxy) is 1. The number of nitrogens with two attached hydrogens (primary N) is 1. The van der Waals surface area contributed by atoms with E-state index in [9.17, 15) is 13.2 Å². The van der Waals surface area contributed by atoms with Crippen LogP contribution in [0.15, 0.2) is 24.3 Å². The van der Waals surface area contributed by atoms with Gasteiger partial charge in [-0.25, -0.2) is 0 Å². The maximum absolute atomic E-state index is 12.6. The molecule has 0 fully saturated rings. The van der Waals surface area contributed by atoms with Crippen LogP contribution in [0, 0.1) is 5.92 Å². The van der Waals surface area contributed by atoms with E-state index in [4.69, 9.17) is 10.6 Å². The Morgan fingerprint density at radius 3 is 2.58 bits per heavy atom. The van der Waals surface area contributed by atoms with E-state index in [0.717, 1.165) is 12.1 Å². The average molecular weight is 276 g/mol. The van der Waals surface area contributed by atoms with Gasteiger partial charge in [-0.15, -0.1) is 0 Å². The summed E-state index contributed by atoms with van der Waals surface area (Å²) in [5.41, 5.74) is 2.43. The molecule has 2 atom stereocenters. The second-order valence-electron chi connectivity index (χ2n) is 4.64. The van der Waals surface area contributed by atoms with Gasteiger partial charge >= 0.3 is 6.18 Å². The van der Waals surface area contributed by atoms with Gasteiger partial charge in [-0.2, -0.15) is 13.2 Å². The normalized spacial score (nSPS) is 15.3. The summed E-state index contributed by atoms with van der Waals surface area (Å²) in [6.45, 7) is 2.50. The van der Waals surface area contributed by atoms with E-state index in [0.29, 0.717) is 18.6 Å². The zero-order valence-corrected chi connectivity index (χ0v) is 11.0. The molecule has 6 heteroatoms. The molecule has 0 saturated carbocycles. The van der Waals surface area contributed by atoms with Crippen LogP contribution in [0.5, 0.6) is 0 Å². The molecule has 19 heavy (non-hydrogen) atoms. The van der Waals surface area contributed by atoms with E-state index in [-0.39, 0.29) is 12.0 Å². The number of methoxy groups -OCH3 is 1. The standard InChI is InChI=1S/C13H19F3N2O/c1-9(8-19-2)6-12(18-17)10-4-3-5-11(7-10)13(14,15)16/h3-5,7,9,12,18H,6,8,17H2,1-2H3. The third-order valence-electron chi connectivity index (χ3n) is 2.91. The van der Waals surface area contributed by atoms with Crippen LogP contribution in [0.4, 0.5) is 13.2 Å². The van der Waals surface area contributed by atoms with Crippen LogP contribution in [0.1, 0.15) is 30.5 Å². The van der Waals surface area contributed by atoms with Crippen LogP contribution >= 0.6 is 0 Å². The van der Waals surface area contributed by atoms with Crippen molar-refractivity contribution >= 4 is 0 Å². The number of alkyl halides is 3. The lowest BCUT2D eigenvalue weighted by molar-refractivity contribution is -0.137. The molecule has 3 N–H and O–H groups in total. The fraction of sp³-hybridized carbons (Fsp3) is 0.538. The zero-order chi connectivity index (χ0) is 14.5. The molecular formula is C13H19F3N2O. The third kappa shape index (κ3) is 4.81. The van der Waals surface area contributed by atoms with E-state index in [1.807, 2.05) is 6.92 Å². The van der Waals surface area contributed by atoms with Gasteiger partial charge in [-0.3, -0.25) is 11.3 Å². The molecule has 3 nitrogen and oxygen atoms in total. The molecule has 0 aliphatic rings. The largest absolute Gasteiger partial charge is 0.416 e. The van der Waals surface area contributed by atoms with Crippen molar-refractivity contribution in [3.05, 3.63) is 35.4 Å². The Bertz CT molecular complexity index is 396. The molecular weight excluding hydrogens is 257 g/mol. The quantitative estimate of drug-likeness (QED) is 0.620. The molecule has 0 radical (unpaired) electrons. The van der Waals surface area contributed by atoms with Gasteiger partial charge in [0.1, 0.15) is 0 Å². The number of hydrogen-bond acceptors (Lipinski definition) is 3. The van der Waals surface area contributed by atoms with Gasteiger partial charge in [0.25, 0.3) is 0 Å². The van der Waals surface area contributed by atoms with Crippen molar-refractivity contribution in [2.75, 3.05) is 13.7 Å². The van der Waals surface area contributed by atoms with E-state index in [2.05, 4.69) is 5.43 Å². The maximum atomic E-state index is 12.6. The Hall–Kier alpha value is -1.11. The summed E-state index contributed by atoms with van der Waals surface area (Å²) >= 11 is 0. The van der Waals surface area contributed by atoms with Crippen LogP contribution in [0.2, 0.25) is 0 Å². The highest BCUT2D eigenvalue weighted by Gasteiger charge is 2.31. The van der Waals surface area contributed by atoms with Gasteiger partial charge < -0.3 is 4.74 Å². The highest BCUT2D eigenvalue weighted by Crippen LogP contribution is 2.31. The molecule has 0 heterocycles. The topological polar surface area (TPSA) is 47.3 Å². The smallest absolute Gasteiger partial charge is 0.384 e. The number of rotatable bonds is 6. The first-order valence-electron chi connectivity index (χ1n) is 6.00. The highest BCUT2D eigenvalue weighted by atomic mass is 19.4. The first-order chi connectivity index (χ1) is 8.88. The van der Waals surface area contributed by atoms with Crippen molar-refractivity contribution in [2.45, 2.75) is 25.6 Å². The lowest BCUT2D eigenvalue weighted by Gasteiger charge is -2.21. The SMILES string of the molecule is COCC(C)CC(NN)c1cccc(C(F)(F)F)c1. The minimum atomic E-state index is -4.34. The molecule has 1 aromatic rings. The molecule has 1 rings (SSSR count). The highest BCUT2D eigenvalue weighted by molar-refractivity contribution is 5.28. The molecule has 0 saturated heterocycles. The lowest BCUT2D eigenvalue weighted by atomic mass is 9.95. The fourth-order valence-corrected chi connectivity index (χ4v) is 1.99. The summed E-state index contributed by atoms with van der Waals surface area (Å²) < 4.78 is 43.0. The molecule has 0 aliphatic heterocycles. The number of hydrazine groups is 1. The van der Waals surface area contributed by atoms with E-state index < -0.39 is 11.7 Å². The predicted molar refractivity (Wildman–Crippen MR) is 67.2 cm³/mol. The van der Waals surface area contributed by atoms with Crippen molar-refractivity contribution in [1.29, 1.82) is 0 Å². The van der Waals surface area contributed by atoms with Gasteiger partial charge in [-0.1, -0.05) is 19.1 Å². The molecule has 108 valence electrons. The van der Waals surface area contributed by atoms with Crippen LogP contribution in [-0.2, 0) is 10.9 Å². The van der Waals surface area contributed by atoms with E-state index >= 15 is 0 Å². The Balaban J connectivity index is 2.87. The molecule has 1 aromatic carbocycles. The van der Waals surface area contributed by atoms with Crippen molar-refractivity contribution in [2.24, 2.45) is 11.8 Å². The van der Waals surface area contributed by atoms with Crippen LogP contribution in [0.25, 0.3) is 0 Å². The number of hydrogen-bond donors (Lipinski definition) is 2. The molecule has 2 unspecified atom stereocenters. The van der Waals surface area contributed by atoms with Crippen molar-refractivity contribution < 1.29 is 17.9 Å². The summed E-state index contributed by atoms with van der Waals surface area (Å²) in [4.78, 5) is 0. The number of nitrogens with one attached hydrogen (secondary N) is 1. The number of halogens is 3. The average Bonchev–Trinajstić information content (AvgIpc) is 2.35. The van der Waals surface area contributed by atoms with Gasteiger partial charge in [0.05, 0.1) is 5.56 Å². The maximum Gasteiger partial charge on any atom is 0.416 e. The second-order valence-corrected chi connectivity index (χ2v) is 4.64. The minimum Gasteiger partial charge on any atom is -0.384 e. The monoisotopic (exact) mass is 276 g/mol. The van der Waals surface area contributed by atoms with Crippen molar-refractivity contribution in [3.63, 3.8) is 0 Å².